The molecule has 0 saturated carbocycles. The molecule has 2 aromatic rings. The number of thioether (sulfide) groups is 1. The lowest BCUT2D eigenvalue weighted by atomic mass is 10.1. The van der Waals surface area contributed by atoms with Crippen LogP contribution in [-0.4, -0.2) is 19.3 Å². The Kier molecular flexibility index (Phi) is 6.22. The number of amides is 1. The molecular weight excluding hydrogens is 353 g/mol. The number of nitrogens with one attached hydrogen (secondary N) is 1. The molecule has 0 aliphatic rings. The second-order valence-corrected chi connectivity index (χ2v) is 6.65. The summed E-state index contributed by atoms with van der Waals surface area (Å²) < 4.78 is 5.32. The van der Waals surface area contributed by atoms with Crippen LogP contribution in [0.25, 0.3) is 0 Å². The summed E-state index contributed by atoms with van der Waals surface area (Å²) >= 11 is 13.7. The smallest absolute Gasteiger partial charge is 0.255 e. The van der Waals surface area contributed by atoms with Crippen molar-refractivity contribution in [3.63, 3.8) is 0 Å². The number of methoxy groups -OCH3 is 1. The zero-order valence-electron chi connectivity index (χ0n) is 13.0. The van der Waals surface area contributed by atoms with Gasteiger partial charge in [-0.25, -0.2) is 0 Å². The Bertz CT molecular complexity index is 722. The maximum atomic E-state index is 12.5. The van der Waals surface area contributed by atoms with Gasteiger partial charge < -0.3 is 10.1 Å². The summed E-state index contributed by atoms with van der Waals surface area (Å²) in [6.07, 6.45) is 1.97. The highest BCUT2D eigenvalue weighted by Crippen LogP contribution is 2.28. The van der Waals surface area contributed by atoms with E-state index in [1.807, 2.05) is 31.4 Å². The Morgan fingerprint density at radius 3 is 2.57 bits per heavy atom. The predicted octanol–water partition coefficient (Wildman–Crippen LogP) is 5.21. The first-order valence-corrected chi connectivity index (χ1v) is 8.92. The van der Waals surface area contributed by atoms with Crippen molar-refractivity contribution in [1.29, 1.82) is 0 Å². The molecule has 0 bridgehead atoms. The number of hydrogen-bond donors (Lipinski definition) is 1. The van der Waals surface area contributed by atoms with Crippen molar-refractivity contribution < 1.29 is 9.53 Å². The first-order valence-electron chi connectivity index (χ1n) is 6.94. The van der Waals surface area contributed by atoms with Crippen molar-refractivity contribution in [3.05, 3.63) is 57.6 Å². The lowest BCUT2D eigenvalue weighted by molar-refractivity contribution is 0.0937. The second-order valence-electron chi connectivity index (χ2n) is 4.93. The third kappa shape index (κ3) is 4.34. The van der Waals surface area contributed by atoms with Crippen molar-refractivity contribution in [1.82, 2.24) is 5.32 Å². The van der Waals surface area contributed by atoms with Crippen LogP contribution in [0.4, 0.5) is 0 Å². The maximum Gasteiger partial charge on any atom is 0.255 e. The van der Waals surface area contributed by atoms with Gasteiger partial charge in [0, 0.05) is 14.9 Å². The molecule has 3 nitrogen and oxygen atoms in total. The Hall–Kier alpha value is -1.36. The third-order valence-corrected chi connectivity index (χ3v) is 4.72. The quantitative estimate of drug-likeness (QED) is 0.734. The van der Waals surface area contributed by atoms with E-state index in [9.17, 15) is 4.79 Å². The van der Waals surface area contributed by atoms with Gasteiger partial charge in [-0.3, -0.25) is 4.79 Å². The summed E-state index contributed by atoms with van der Waals surface area (Å²) in [4.78, 5) is 13.6. The molecule has 2 rings (SSSR count). The molecular formula is C17H17Cl2NO2S. The predicted molar refractivity (Wildman–Crippen MR) is 97.1 cm³/mol. The Labute approximate surface area is 150 Å². The number of rotatable bonds is 5. The molecule has 0 aliphatic carbocycles. The average molecular weight is 370 g/mol. The summed E-state index contributed by atoms with van der Waals surface area (Å²) in [6.45, 7) is 1.87. The van der Waals surface area contributed by atoms with Gasteiger partial charge in [-0.15, -0.1) is 11.8 Å². The lowest BCUT2D eigenvalue weighted by Gasteiger charge is -2.17. The molecule has 1 amide bonds. The standard InChI is InChI=1S/C17H17Cl2NO2S/c1-10(13-6-4-11(18)8-15(13)19)20-17(21)14-7-5-12(23-3)9-16(14)22-2/h4-10H,1-3H3,(H,20,21)/t10-/m0/s1. The average Bonchev–Trinajstić information content (AvgIpc) is 2.53. The molecule has 2 aromatic carbocycles. The minimum atomic E-state index is -0.253. The van der Waals surface area contributed by atoms with Crippen LogP contribution in [0.15, 0.2) is 41.3 Å². The van der Waals surface area contributed by atoms with E-state index in [4.69, 9.17) is 27.9 Å². The SMILES string of the molecule is COc1cc(SC)ccc1C(=O)N[C@@H](C)c1ccc(Cl)cc1Cl. The highest BCUT2D eigenvalue weighted by Gasteiger charge is 2.17. The third-order valence-electron chi connectivity index (χ3n) is 3.43. The molecule has 0 heterocycles. The van der Waals surface area contributed by atoms with Crippen LogP contribution in [0.1, 0.15) is 28.9 Å². The molecule has 1 atom stereocenters. The summed E-state index contributed by atoms with van der Waals surface area (Å²) in [6, 6.07) is 10.5. The van der Waals surface area contributed by atoms with Crippen LogP contribution >= 0.6 is 35.0 Å². The van der Waals surface area contributed by atoms with Crippen LogP contribution in [0.3, 0.4) is 0 Å². The number of carbonyl (C=O) groups excluding carboxylic acids is 1. The van der Waals surface area contributed by atoms with Gasteiger partial charge in [-0.2, -0.15) is 0 Å². The number of carbonyl (C=O) groups is 1. The van der Waals surface area contributed by atoms with Crippen molar-refractivity contribution in [2.24, 2.45) is 0 Å². The highest BCUT2D eigenvalue weighted by atomic mass is 35.5. The molecule has 23 heavy (non-hydrogen) atoms. The van der Waals surface area contributed by atoms with Crippen LogP contribution in [0.5, 0.6) is 5.75 Å². The van der Waals surface area contributed by atoms with Crippen molar-refractivity contribution in [3.8, 4) is 5.75 Å². The summed E-state index contributed by atoms with van der Waals surface area (Å²) in [5.74, 6) is 0.330. The molecule has 6 heteroatoms. The van der Waals surface area contributed by atoms with Crippen molar-refractivity contribution in [2.45, 2.75) is 17.9 Å². The number of halogens is 2. The molecule has 1 N–H and O–H groups in total. The van der Waals surface area contributed by atoms with Gasteiger partial charge in [0.25, 0.3) is 5.91 Å². The van der Waals surface area contributed by atoms with Gasteiger partial charge in [-0.05, 0) is 49.1 Å². The Morgan fingerprint density at radius 1 is 1.22 bits per heavy atom. The lowest BCUT2D eigenvalue weighted by Crippen LogP contribution is -2.27. The minimum Gasteiger partial charge on any atom is -0.496 e. The van der Waals surface area contributed by atoms with Gasteiger partial charge in [0.1, 0.15) is 5.75 Å². The molecule has 0 saturated heterocycles. The van der Waals surface area contributed by atoms with E-state index in [2.05, 4.69) is 5.32 Å². The first-order chi connectivity index (χ1) is 11.0. The zero-order valence-corrected chi connectivity index (χ0v) is 15.4. The van der Waals surface area contributed by atoms with Gasteiger partial charge in [-0.1, -0.05) is 29.3 Å². The molecule has 0 aliphatic heterocycles. The second kappa shape index (κ2) is 7.95. The van der Waals surface area contributed by atoms with E-state index in [1.165, 1.54) is 0 Å². The van der Waals surface area contributed by atoms with Gasteiger partial charge in [0.05, 0.1) is 18.7 Å². The summed E-state index contributed by atoms with van der Waals surface area (Å²) in [5.41, 5.74) is 1.30. The molecule has 0 fully saturated rings. The topological polar surface area (TPSA) is 38.3 Å². The fourth-order valence-corrected chi connectivity index (χ4v) is 3.19. The van der Waals surface area contributed by atoms with Gasteiger partial charge in [0.15, 0.2) is 0 Å². The maximum absolute atomic E-state index is 12.5. The number of benzene rings is 2. The van der Waals surface area contributed by atoms with E-state index in [0.717, 1.165) is 10.5 Å². The van der Waals surface area contributed by atoms with Crippen LogP contribution in [0, 0.1) is 0 Å². The Balaban J connectivity index is 2.21. The van der Waals surface area contributed by atoms with Crippen molar-refractivity contribution >= 4 is 40.9 Å². The number of ether oxygens (including phenoxy) is 1. The van der Waals surface area contributed by atoms with E-state index in [-0.39, 0.29) is 11.9 Å². The molecule has 122 valence electrons. The van der Waals surface area contributed by atoms with E-state index in [1.54, 1.807) is 37.1 Å². The highest BCUT2D eigenvalue weighted by molar-refractivity contribution is 7.98. The first kappa shape index (κ1) is 18.0. The Morgan fingerprint density at radius 2 is 1.96 bits per heavy atom. The molecule has 0 aromatic heterocycles. The number of hydrogen-bond acceptors (Lipinski definition) is 3. The van der Waals surface area contributed by atoms with Crippen LogP contribution in [0.2, 0.25) is 10.0 Å². The fraction of sp³-hybridized carbons (Fsp3) is 0.235. The summed E-state index contributed by atoms with van der Waals surface area (Å²) in [7, 11) is 1.55. The molecule has 0 spiro atoms. The zero-order chi connectivity index (χ0) is 17.0. The fourth-order valence-electron chi connectivity index (χ4n) is 2.19. The largest absolute Gasteiger partial charge is 0.496 e. The normalized spacial score (nSPS) is 11.9. The van der Waals surface area contributed by atoms with Crippen molar-refractivity contribution in [2.75, 3.05) is 13.4 Å². The monoisotopic (exact) mass is 369 g/mol. The van der Waals surface area contributed by atoms with E-state index < -0.39 is 0 Å². The minimum absolute atomic E-state index is 0.215. The molecule has 0 radical (unpaired) electrons. The van der Waals surface area contributed by atoms with E-state index in [0.29, 0.717) is 21.4 Å². The molecule has 0 unspecified atom stereocenters. The summed E-state index contributed by atoms with van der Waals surface area (Å²) in [5, 5.41) is 4.02. The van der Waals surface area contributed by atoms with Gasteiger partial charge in [0.2, 0.25) is 0 Å². The van der Waals surface area contributed by atoms with Gasteiger partial charge >= 0.3 is 0 Å². The van der Waals surface area contributed by atoms with Crippen LogP contribution in [-0.2, 0) is 0 Å². The van der Waals surface area contributed by atoms with E-state index >= 15 is 0 Å². The van der Waals surface area contributed by atoms with Crippen LogP contribution < -0.4 is 10.1 Å².